The largest absolute Gasteiger partial charge is 0.373 e. The van der Waals surface area contributed by atoms with Gasteiger partial charge in [-0.15, -0.1) is 0 Å². The standard InChI is InChI=1S/C20H24N2S/c1-14-7-6-12-21-19(14)16-10-11-18(15(2)13-16)20(23)22-17-8-4-3-5-9-17/h6-7,10-13,17H,3-5,8-9H2,1-2H3,(H,22,23). The first-order valence-corrected chi connectivity index (χ1v) is 8.89. The van der Waals surface area contributed by atoms with Crippen LogP contribution in [0.1, 0.15) is 48.8 Å². The predicted molar refractivity (Wildman–Crippen MR) is 101 cm³/mol. The Balaban J connectivity index is 1.79. The molecule has 0 aliphatic heterocycles. The summed E-state index contributed by atoms with van der Waals surface area (Å²) in [6.45, 7) is 4.23. The summed E-state index contributed by atoms with van der Waals surface area (Å²) >= 11 is 5.65. The first kappa shape index (κ1) is 16.1. The molecule has 3 rings (SSSR count). The van der Waals surface area contributed by atoms with E-state index in [1.54, 1.807) is 0 Å². The van der Waals surface area contributed by atoms with E-state index in [9.17, 15) is 0 Å². The van der Waals surface area contributed by atoms with Crippen molar-refractivity contribution in [2.75, 3.05) is 0 Å². The molecule has 1 N–H and O–H groups in total. The Bertz CT molecular complexity index is 703. The molecule has 0 radical (unpaired) electrons. The second-order valence-corrected chi connectivity index (χ2v) is 6.92. The number of benzene rings is 1. The molecule has 1 heterocycles. The minimum atomic E-state index is 0.549. The van der Waals surface area contributed by atoms with Crippen molar-refractivity contribution in [1.29, 1.82) is 0 Å². The second kappa shape index (κ2) is 7.22. The van der Waals surface area contributed by atoms with E-state index in [1.807, 2.05) is 12.3 Å². The molecule has 1 aromatic carbocycles. The molecule has 0 spiro atoms. The van der Waals surface area contributed by atoms with Gasteiger partial charge in [0.2, 0.25) is 0 Å². The van der Waals surface area contributed by atoms with E-state index < -0.39 is 0 Å². The lowest BCUT2D eigenvalue weighted by atomic mass is 9.95. The van der Waals surface area contributed by atoms with Gasteiger partial charge in [0, 0.05) is 23.4 Å². The average Bonchev–Trinajstić information content (AvgIpc) is 2.56. The fourth-order valence-corrected chi connectivity index (χ4v) is 3.76. The van der Waals surface area contributed by atoms with Crippen LogP contribution in [0.25, 0.3) is 11.3 Å². The number of nitrogens with zero attached hydrogens (tertiary/aromatic N) is 1. The van der Waals surface area contributed by atoms with E-state index in [2.05, 4.69) is 48.4 Å². The number of pyridine rings is 1. The highest BCUT2D eigenvalue weighted by atomic mass is 32.1. The molecule has 0 saturated heterocycles. The van der Waals surface area contributed by atoms with Crippen molar-refractivity contribution in [2.24, 2.45) is 0 Å². The molecule has 1 aliphatic carbocycles. The average molecular weight is 324 g/mol. The smallest absolute Gasteiger partial charge is 0.107 e. The van der Waals surface area contributed by atoms with Gasteiger partial charge in [0.25, 0.3) is 0 Å². The van der Waals surface area contributed by atoms with Crippen LogP contribution in [0.5, 0.6) is 0 Å². The maximum Gasteiger partial charge on any atom is 0.107 e. The number of hydrogen-bond acceptors (Lipinski definition) is 2. The fourth-order valence-electron chi connectivity index (χ4n) is 3.36. The summed E-state index contributed by atoms with van der Waals surface area (Å²) in [5.41, 5.74) is 5.75. The van der Waals surface area contributed by atoms with E-state index >= 15 is 0 Å². The summed E-state index contributed by atoms with van der Waals surface area (Å²) in [4.78, 5) is 5.40. The summed E-state index contributed by atoms with van der Waals surface area (Å²) in [5.74, 6) is 0. The summed E-state index contributed by atoms with van der Waals surface area (Å²) < 4.78 is 0. The monoisotopic (exact) mass is 324 g/mol. The number of thiocarbonyl (C=S) groups is 1. The van der Waals surface area contributed by atoms with Crippen molar-refractivity contribution in [3.8, 4) is 11.3 Å². The summed E-state index contributed by atoms with van der Waals surface area (Å²) in [6, 6.07) is 11.1. The maximum absolute atomic E-state index is 5.65. The van der Waals surface area contributed by atoms with Gasteiger partial charge in [-0.1, -0.05) is 49.7 Å². The number of hydrogen-bond donors (Lipinski definition) is 1. The van der Waals surface area contributed by atoms with E-state index in [0.29, 0.717) is 6.04 Å². The van der Waals surface area contributed by atoms with Gasteiger partial charge in [0.15, 0.2) is 0 Å². The summed E-state index contributed by atoms with van der Waals surface area (Å²) in [7, 11) is 0. The molecule has 1 fully saturated rings. The molecule has 0 amide bonds. The first-order chi connectivity index (χ1) is 11.1. The van der Waals surface area contributed by atoms with Gasteiger partial charge in [0.05, 0.1) is 5.69 Å². The predicted octanol–water partition coefficient (Wildman–Crippen LogP) is 4.96. The zero-order valence-electron chi connectivity index (χ0n) is 13.9. The normalized spacial score (nSPS) is 15.4. The van der Waals surface area contributed by atoms with E-state index in [0.717, 1.165) is 21.8 Å². The van der Waals surface area contributed by atoms with Crippen LogP contribution in [0.3, 0.4) is 0 Å². The van der Waals surface area contributed by atoms with Crippen LogP contribution in [0.2, 0.25) is 0 Å². The molecule has 1 saturated carbocycles. The number of nitrogens with one attached hydrogen (secondary N) is 1. The zero-order valence-corrected chi connectivity index (χ0v) is 14.7. The lowest BCUT2D eigenvalue weighted by Crippen LogP contribution is -2.35. The fraction of sp³-hybridized carbons (Fsp3) is 0.400. The molecule has 3 heteroatoms. The van der Waals surface area contributed by atoms with Crippen LogP contribution in [-0.4, -0.2) is 16.0 Å². The van der Waals surface area contributed by atoms with Gasteiger partial charge in [-0.05, 0) is 49.9 Å². The van der Waals surface area contributed by atoms with Gasteiger partial charge < -0.3 is 5.32 Å². The van der Waals surface area contributed by atoms with E-state index in [1.165, 1.54) is 43.2 Å². The molecule has 120 valence electrons. The molecule has 1 aromatic heterocycles. The quantitative estimate of drug-likeness (QED) is 0.808. The van der Waals surface area contributed by atoms with Crippen molar-refractivity contribution < 1.29 is 0 Å². The van der Waals surface area contributed by atoms with Crippen LogP contribution in [0.4, 0.5) is 0 Å². The minimum absolute atomic E-state index is 0.549. The molecule has 0 atom stereocenters. The van der Waals surface area contributed by atoms with E-state index in [-0.39, 0.29) is 0 Å². The Labute approximate surface area is 144 Å². The van der Waals surface area contributed by atoms with Crippen LogP contribution in [0, 0.1) is 13.8 Å². The van der Waals surface area contributed by atoms with Crippen molar-refractivity contribution >= 4 is 17.2 Å². The third kappa shape index (κ3) is 3.78. The molecule has 1 aliphatic rings. The molecular weight excluding hydrogens is 300 g/mol. The Hall–Kier alpha value is -1.74. The van der Waals surface area contributed by atoms with Gasteiger partial charge in [0.1, 0.15) is 4.99 Å². The Morgan fingerprint density at radius 3 is 2.57 bits per heavy atom. The lowest BCUT2D eigenvalue weighted by Gasteiger charge is -2.24. The highest BCUT2D eigenvalue weighted by molar-refractivity contribution is 7.80. The van der Waals surface area contributed by atoms with Crippen LogP contribution in [-0.2, 0) is 0 Å². The van der Waals surface area contributed by atoms with Crippen molar-refractivity contribution in [1.82, 2.24) is 10.3 Å². The minimum Gasteiger partial charge on any atom is -0.373 e. The van der Waals surface area contributed by atoms with Crippen molar-refractivity contribution in [3.05, 3.63) is 53.2 Å². The van der Waals surface area contributed by atoms with Crippen molar-refractivity contribution in [3.63, 3.8) is 0 Å². The van der Waals surface area contributed by atoms with Crippen LogP contribution >= 0.6 is 12.2 Å². The molecule has 0 bridgehead atoms. The van der Waals surface area contributed by atoms with Gasteiger partial charge in [-0.3, -0.25) is 4.98 Å². The summed E-state index contributed by atoms with van der Waals surface area (Å²) in [5, 5.41) is 3.56. The molecule has 23 heavy (non-hydrogen) atoms. The Morgan fingerprint density at radius 1 is 1.09 bits per heavy atom. The summed E-state index contributed by atoms with van der Waals surface area (Å²) in [6.07, 6.45) is 8.33. The van der Waals surface area contributed by atoms with Gasteiger partial charge in [-0.25, -0.2) is 0 Å². The highest BCUT2D eigenvalue weighted by Crippen LogP contribution is 2.24. The Morgan fingerprint density at radius 2 is 1.87 bits per heavy atom. The zero-order chi connectivity index (χ0) is 16.2. The van der Waals surface area contributed by atoms with Gasteiger partial charge >= 0.3 is 0 Å². The van der Waals surface area contributed by atoms with Crippen LogP contribution < -0.4 is 5.32 Å². The van der Waals surface area contributed by atoms with Crippen molar-refractivity contribution in [2.45, 2.75) is 52.0 Å². The number of aromatic nitrogens is 1. The maximum atomic E-state index is 5.65. The second-order valence-electron chi connectivity index (χ2n) is 6.51. The molecular formula is C20H24N2S. The number of aryl methyl sites for hydroxylation is 2. The van der Waals surface area contributed by atoms with E-state index in [4.69, 9.17) is 12.2 Å². The van der Waals surface area contributed by atoms with Crippen LogP contribution in [0.15, 0.2) is 36.5 Å². The lowest BCUT2D eigenvalue weighted by molar-refractivity contribution is 0.415. The highest BCUT2D eigenvalue weighted by Gasteiger charge is 2.16. The van der Waals surface area contributed by atoms with Gasteiger partial charge in [-0.2, -0.15) is 0 Å². The molecule has 2 aromatic rings. The Kier molecular flexibility index (Phi) is 5.06. The SMILES string of the molecule is Cc1cc(-c2ncccc2C)ccc1C(=S)NC1CCCCC1. The molecule has 0 unspecified atom stereocenters. The number of rotatable bonds is 3. The third-order valence-electron chi connectivity index (χ3n) is 4.69. The first-order valence-electron chi connectivity index (χ1n) is 8.48. The topological polar surface area (TPSA) is 24.9 Å². The third-order valence-corrected chi connectivity index (χ3v) is 5.03. The molecule has 2 nitrogen and oxygen atoms in total.